The Morgan fingerprint density at radius 3 is 2.68 bits per heavy atom. The van der Waals surface area contributed by atoms with Gasteiger partial charge in [0.15, 0.2) is 0 Å². The molecule has 2 rings (SSSR count). The third kappa shape index (κ3) is 4.07. The minimum atomic E-state index is -0.280. The van der Waals surface area contributed by atoms with Gasteiger partial charge in [-0.3, -0.25) is 4.79 Å². The Balaban J connectivity index is 0.00000180. The van der Waals surface area contributed by atoms with E-state index < -0.39 is 0 Å². The molecular formula is C14H27ClN2O2. The summed E-state index contributed by atoms with van der Waals surface area (Å²) in [5.74, 6) is 0.214. The fourth-order valence-electron chi connectivity index (χ4n) is 3.28. The predicted octanol–water partition coefficient (Wildman–Crippen LogP) is 1.59. The molecule has 2 aliphatic carbocycles. The zero-order valence-electron chi connectivity index (χ0n) is 11.7. The average Bonchev–Trinajstić information content (AvgIpc) is 2.77. The van der Waals surface area contributed by atoms with Crippen LogP contribution in [0.2, 0.25) is 0 Å². The summed E-state index contributed by atoms with van der Waals surface area (Å²) in [5, 5.41) is 13.1. The van der Waals surface area contributed by atoms with Gasteiger partial charge in [-0.05, 0) is 32.1 Å². The minimum absolute atomic E-state index is 0. The van der Waals surface area contributed by atoms with Crippen LogP contribution in [-0.2, 0) is 4.79 Å². The van der Waals surface area contributed by atoms with Crippen LogP contribution >= 0.6 is 12.4 Å². The number of amides is 1. The van der Waals surface area contributed by atoms with Crippen LogP contribution in [0.15, 0.2) is 0 Å². The molecule has 0 aliphatic heterocycles. The van der Waals surface area contributed by atoms with Crippen LogP contribution < -0.4 is 11.1 Å². The van der Waals surface area contributed by atoms with Crippen LogP contribution in [0.3, 0.4) is 0 Å². The van der Waals surface area contributed by atoms with Crippen molar-refractivity contribution in [3.05, 3.63) is 0 Å². The lowest BCUT2D eigenvalue weighted by atomic mass is 9.73. The molecule has 2 saturated carbocycles. The van der Waals surface area contributed by atoms with Gasteiger partial charge in [0, 0.05) is 23.9 Å². The number of nitrogens with two attached hydrogens (primary N) is 1. The fourth-order valence-corrected chi connectivity index (χ4v) is 3.28. The molecule has 5 heteroatoms. The Morgan fingerprint density at radius 1 is 1.37 bits per heavy atom. The van der Waals surface area contributed by atoms with E-state index in [1.165, 1.54) is 0 Å². The summed E-state index contributed by atoms with van der Waals surface area (Å²) in [6.45, 7) is 2.68. The van der Waals surface area contributed by atoms with Crippen LogP contribution in [0.25, 0.3) is 0 Å². The second kappa shape index (κ2) is 6.91. The molecule has 0 aromatic carbocycles. The summed E-state index contributed by atoms with van der Waals surface area (Å²) in [6, 6.07) is 0.191. The molecular weight excluding hydrogens is 264 g/mol. The van der Waals surface area contributed by atoms with Crippen LogP contribution in [0.1, 0.15) is 51.9 Å². The number of carbonyl (C=O) groups is 1. The predicted molar refractivity (Wildman–Crippen MR) is 78.2 cm³/mol. The molecule has 4 unspecified atom stereocenters. The van der Waals surface area contributed by atoms with Crippen LogP contribution in [0.5, 0.6) is 0 Å². The van der Waals surface area contributed by atoms with Gasteiger partial charge >= 0.3 is 0 Å². The minimum Gasteiger partial charge on any atom is -0.392 e. The van der Waals surface area contributed by atoms with Gasteiger partial charge in [0.2, 0.25) is 5.91 Å². The molecule has 0 heterocycles. The summed E-state index contributed by atoms with van der Waals surface area (Å²) >= 11 is 0. The average molecular weight is 291 g/mol. The van der Waals surface area contributed by atoms with E-state index in [1.807, 2.05) is 0 Å². The first kappa shape index (κ1) is 16.7. The van der Waals surface area contributed by atoms with Gasteiger partial charge in [0.25, 0.3) is 0 Å². The number of hydrogen-bond acceptors (Lipinski definition) is 3. The molecule has 0 aromatic rings. The number of hydrogen-bond donors (Lipinski definition) is 3. The van der Waals surface area contributed by atoms with Crippen LogP contribution in [-0.4, -0.2) is 29.7 Å². The van der Waals surface area contributed by atoms with Crippen molar-refractivity contribution in [3.63, 3.8) is 0 Å². The molecule has 2 aliphatic rings. The summed E-state index contributed by atoms with van der Waals surface area (Å²) in [4.78, 5) is 12.0. The van der Waals surface area contributed by atoms with E-state index in [0.717, 1.165) is 44.9 Å². The van der Waals surface area contributed by atoms with Gasteiger partial charge in [0.05, 0.1) is 6.10 Å². The number of aliphatic hydroxyl groups excluding tert-OH is 1. The molecule has 4 nitrogen and oxygen atoms in total. The van der Waals surface area contributed by atoms with Crippen molar-refractivity contribution in [1.29, 1.82) is 0 Å². The third-order valence-electron chi connectivity index (χ3n) is 4.79. The quantitative estimate of drug-likeness (QED) is 0.739. The Morgan fingerprint density at radius 2 is 2.11 bits per heavy atom. The van der Waals surface area contributed by atoms with Crippen molar-refractivity contribution in [1.82, 2.24) is 5.32 Å². The highest BCUT2D eigenvalue weighted by Gasteiger charge is 2.36. The highest BCUT2D eigenvalue weighted by atomic mass is 35.5. The summed E-state index contributed by atoms with van der Waals surface area (Å²) < 4.78 is 0. The number of nitrogens with one attached hydrogen (secondary N) is 1. The lowest BCUT2D eigenvalue weighted by Crippen LogP contribution is -2.46. The Labute approximate surface area is 121 Å². The SMILES string of the molecule is CC1(CNC(=O)C2CCC(N)C2)CCCCC1O.Cl. The van der Waals surface area contributed by atoms with Gasteiger partial charge in [0.1, 0.15) is 0 Å². The molecule has 112 valence electrons. The van der Waals surface area contributed by atoms with Crippen LogP contribution in [0.4, 0.5) is 0 Å². The van der Waals surface area contributed by atoms with Crippen molar-refractivity contribution in [2.45, 2.75) is 64.0 Å². The molecule has 0 bridgehead atoms. The number of carbonyl (C=O) groups excluding carboxylic acids is 1. The first-order valence-electron chi connectivity index (χ1n) is 7.22. The standard InChI is InChI=1S/C14H26N2O2.ClH/c1-14(7-3-2-4-12(14)17)9-16-13(18)10-5-6-11(15)8-10;/h10-12,17H,2-9,15H2,1H3,(H,16,18);1H. The fraction of sp³-hybridized carbons (Fsp3) is 0.929. The second-order valence-electron chi connectivity index (χ2n) is 6.40. The van der Waals surface area contributed by atoms with Gasteiger partial charge in [-0.2, -0.15) is 0 Å². The summed E-state index contributed by atoms with van der Waals surface area (Å²) in [7, 11) is 0. The monoisotopic (exact) mass is 290 g/mol. The summed E-state index contributed by atoms with van der Waals surface area (Å²) in [6.07, 6.45) is 6.51. The first-order valence-corrected chi connectivity index (χ1v) is 7.22. The molecule has 2 fully saturated rings. The topological polar surface area (TPSA) is 75.4 Å². The molecule has 0 aromatic heterocycles. The second-order valence-corrected chi connectivity index (χ2v) is 6.40. The lowest BCUT2D eigenvalue weighted by Gasteiger charge is -2.38. The molecule has 1 amide bonds. The van der Waals surface area contributed by atoms with Gasteiger partial charge in [-0.25, -0.2) is 0 Å². The normalized spacial score (nSPS) is 38.6. The van der Waals surface area contributed by atoms with Gasteiger partial charge < -0.3 is 16.2 Å². The molecule has 0 radical (unpaired) electrons. The number of halogens is 1. The smallest absolute Gasteiger partial charge is 0.223 e. The van der Waals surface area contributed by atoms with E-state index in [9.17, 15) is 9.90 Å². The summed E-state index contributed by atoms with van der Waals surface area (Å²) in [5.41, 5.74) is 5.69. The first-order chi connectivity index (χ1) is 8.51. The van der Waals surface area contributed by atoms with Gasteiger partial charge in [-0.15, -0.1) is 12.4 Å². The largest absolute Gasteiger partial charge is 0.392 e. The van der Waals surface area contributed by atoms with Crippen molar-refractivity contribution >= 4 is 18.3 Å². The Hall–Kier alpha value is -0.320. The molecule has 0 saturated heterocycles. The highest BCUT2D eigenvalue weighted by molar-refractivity contribution is 5.85. The molecule has 4 atom stereocenters. The van der Waals surface area contributed by atoms with Crippen molar-refractivity contribution in [3.8, 4) is 0 Å². The molecule has 19 heavy (non-hydrogen) atoms. The molecule has 4 N–H and O–H groups in total. The van der Waals surface area contributed by atoms with E-state index in [1.54, 1.807) is 0 Å². The third-order valence-corrected chi connectivity index (χ3v) is 4.79. The van der Waals surface area contributed by atoms with Crippen molar-refractivity contribution in [2.75, 3.05) is 6.54 Å². The van der Waals surface area contributed by atoms with Crippen molar-refractivity contribution < 1.29 is 9.90 Å². The maximum atomic E-state index is 12.0. The Kier molecular flexibility index (Phi) is 6.09. The maximum Gasteiger partial charge on any atom is 0.223 e. The zero-order chi connectivity index (χ0) is 13.2. The lowest BCUT2D eigenvalue weighted by molar-refractivity contribution is -0.126. The van der Waals surface area contributed by atoms with E-state index in [0.29, 0.717) is 6.54 Å². The maximum absolute atomic E-state index is 12.0. The van der Waals surface area contributed by atoms with Gasteiger partial charge in [-0.1, -0.05) is 19.8 Å². The van der Waals surface area contributed by atoms with E-state index in [-0.39, 0.29) is 41.8 Å². The zero-order valence-corrected chi connectivity index (χ0v) is 12.5. The Bertz CT molecular complexity index is 314. The van der Waals surface area contributed by atoms with Crippen molar-refractivity contribution in [2.24, 2.45) is 17.1 Å². The van der Waals surface area contributed by atoms with E-state index in [2.05, 4.69) is 12.2 Å². The number of aliphatic hydroxyl groups is 1. The van der Waals surface area contributed by atoms with E-state index in [4.69, 9.17) is 5.73 Å². The highest BCUT2D eigenvalue weighted by Crippen LogP contribution is 2.35. The van der Waals surface area contributed by atoms with E-state index >= 15 is 0 Å². The molecule has 0 spiro atoms. The number of rotatable bonds is 3. The van der Waals surface area contributed by atoms with Crippen LogP contribution in [0, 0.1) is 11.3 Å².